The zero-order valence-electron chi connectivity index (χ0n) is 19.1. The number of fused-ring (bicyclic) bond motifs is 1. The maximum Gasteiger partial charge on any atom is 0.236 e. The number of aldehydes is 1. The summed E-state index contributed by atoms with van der Waals surface area (Å²) >= 11 is 3.58. The van der Waals surface area contributed by atoms with Gasteiger partial charge < -0.3 is 9.69 Å². The molecule has 0 N–H and O–H groups in total. The number of benzene rings is 1. The minimum Gasteiger partial charge on any atom is -0.306 e. The number of rotatable bonds is 6. The summed E-state index contributed by atoms with van der Waals surface area (Å²) in [6.07, 6.45) is 4.59. The van der Waals surface area contributed by atoms with Crippen molar-refractivity contribution in [2.45, 2.75) is 52.4 Å². The predicted molar refractivity (Wildman–Crippen MR) is 129 cm³/mol. The molecule has 0 amide bonds. The molecule has 2 aliphatic heterocycles. The molecule has 2 heterocycles. The molecule has 0 bridgehead atoms. The van der Waals surface area contributed by atoms with Crippen molar-refractivity contribution < 1.29 is 13.2 Å². The minimum absolute atomic E-state index is 0.0974. The number of carbonyl (C=O) groups excluding carboxylic acids is 1. The largest absolute Gasteiger partial charge is 0.306 e. The van der Waals surface area contributed by atoms with Crippen LogP contribution in [0.4, 0.5) is 5.69 Å². The van der Waals surface area contributed by atoms with Gasteiger partial charge in [0.25, 0.3) is 0 Å². The summed E-state index contributed by atoms with van der Waals surface area (Å²) in [5, 5.41) is 0. The van der Waals surface area contributed by atoms with Crippen LogP contribution in [0.5, 0.6) is 0 Å². The Balaban J connectivity index is 1.68. The smallest absolute Gasteiger partial charge is 0.236 e. The molecule has 31 heavy (non-hydrogen) atoms. The quantitative estimate of drug-likeness (QED) is 0.521. The summed E-state index contributed by atoms with van der Waals surface area (Å²) in [6.45, 7) is 8.85. The fourth-order valence-electron chi connectivity index (χ4n) is 6.53. The zero-order chi connectivity index (χ0) is 22.6. The number of carbonyl (C=O) groups is 1. The monoisotopic (exact) mass is 510 g/mol. The van der Waals surface area contributed by atoms with Crippen LogP contribution >= 0.6 is 15.9 Å². The van der Waals surface area contributed by atoms with E-state index in [1.807, 2.05) is 12.1 Å². The first-order chi connectivity index (χ1) is 14.5. The van der Waals surface area contributed by atoms with E-state index in [0.29, 0.717) is 24.8 Å². The van der Waals surface area contributed by atoms with Crippen LogP contribution in [0.2, 0.25) is 0 Å². The van der Waals surface area contributed by atoms with Crippen LogP contribution in [-0.4, -0.2) is 52.0 Å². The Bertz CT molecular complexity index is 964. The van der Waals surface area contributed by atoms with Gasteiger partial charge in [0.15, 0.2) is 0 Å². The van der Waals surface area contributed by atoms with Crippen molar-refractivity contribution in [3.05, 3.63) is 28.2 Å². The Morgan fingerprint density at radius 3 is 2.55 bits per heavy atom. The van der Waals surface area contributed by atoms with Gasteiger partial charge in [-0.05, 0) is 73.9 Å². The molecule has 1 aromatic rings. The molecular formula is C24H35BrN2O3S. The summed E-state index contributed by atoms with van der Waals surface area (Å²) in [6, 6.07) is 5.94. The van der Waals surface area contributed by atoms with Gasteiger partial charge in [-0.1, -0.05) is 43.1 Å². The molecule has 2 fully saturated rings. The topological polar surface area (TPSA) is 57.7 Å². The number of likely N-dealkylation sites (tertiary alicyclic amines) is 1. The van der Waals surface area contributed by atoms with Gasteiger partial charge in [-0.3, -0.25) is 4.31 Å². The Hall–Kier alpha value is -0.920. The van der Waals surface area contributed by atoms with Crippen molar-refractivity contribution in [1.82, 2.24) is 4.90 Å². The average Bonchev–Trinajstić information content (AvgIpc) is 3.36. The molecule has 4 unspecified atom stereocenters. The maximum atomic E-state index is 13.9. The average molecular weight is 512 g/mol. The number of nitrogens with zero attached hydrogens (tertiary/aromatic N) is 2. The van der Waals surface area contributed by atoms with Crippen LogP contribution in [0.15, 0.2) is 22.7 Å². The highest BCUT2D eigenvalue weighted by Gasteiger charge is 2.57. The van der Waals surface area contributed by atoms with Crippen molar-refractivity contribution in [3.63, 3.8) is 0 Å². The van der Waals surface area contributed by atoms with Gasteiger partial charge in [0.05, 0.1) is 11.4 Å². The normalized spacial score (nSPS) is 33.1. The Morgan fingerprint density at radius 1 is 1.23 bits per heavy atom. The van der Waals surface area contributed by atoms with Gasteiger partial charge in [0, 0.05) is 28.9 Å². The van der Waals surface area contributed by atoms with E-state index in [0.717, 1.165) is 54.4 Å². The lowest BCUT2D eigenvalue weighted by molar-refractivity contribution is -0.120. The van der Waals surface area contributed by atoms with Crippen molar-refractivity contribution >= 4 is 37.9 Å². The van der Waals surface area contributed by atoms with Crippen LogP contribution < -0.4 is 4.31 Å². The molecule has 172 valence electrons. The van der Waals surface area contributed by atoms with Gasteiger partial charge in [-0.25, -0.2) is 8.42 Å². The van der Waals surface area contributed by atoms with Crippen molar-refractivity contribution in [3.8, 4) is 0 Å². The zero-order valence-corrected chi connectivity index (χ0v) is 21.5. The first-order valence-corrected chi connectivity index (χ1v) is 13.9. The van der Waals surface area contributed by atoms with Crippen molar-refractivity contribution in [1.29, 1.82) is 0 Å². The van der Waals surface area contributed by atoms with E-state index in [4.69, 9.17) is 0 Å². The second-order valence-corrected chi connectivity index (χ2v) is 13.4. The molecule has 1 saturated carbocycles. The Labute approximate surface area is 195 Å². The Morgan fingerprint density at radius 2 is 1.97 bits per heavy atom. The van der Waals surface area contributed by atoms with Gasteiger partial charge in [-0.2, -0.15) is 0 Å². The molecular weight excluding hydrogens is 476 g/mol. The van der Waals surface area contributed by atoms with Crippen LogP contribution in [0.3, 0.4) is 0 Å². The minimum atomic E-state index is -3.65. The highest BCUT2D eigenvalue weighted by molar-refractivity contribution is 9.10. The molecule has 0 aromatic heterocycles. The molecule has 1 aromatic carbocycles. The third kappa shape index (κ3) is 3.78. The predicted octanol–water partition coefficient (Wildman–Crippen LogP) is 4.67. The van der Waals surface area contributed by atoms with E-state index in [1.54, 1.807) is 4.31 Å². The lowest BCUT2D eigenvalue weighted by Gasteiger charge is -2.41. The number of hydrogen-bond acceptors (Lipinski definition) is 4. The first kappa shape index (κ1) is 23.2. The number of halogens is 1. The molecule has 5 nitrogen and oxygen atoms in total. The standard InChI is InChI=1S/C24H35BrN2O3S/c1-5-18-8-10-24(15-28,23(18,2)3)16-31(29,30)27-14-21(17-9-11-26(4)13-17)20-12-19(25)6-7-22(20)27/h6-7,12,15,17-18,21H,5,8-11,13-14,16H2,1-4H3. The first-order valence-electron chi connectivity index (χ1n) is 11.5. The summed E-state index contributed by atoms with van der Waals surface area (Å²) in [5.41, 5.74) is 0.766. The molecule has 7 heteroatoms. The molecule has 1 aliphatic carbocycles. The second kappa shape index (κ2) is 8.14. The third-order valence-electron chi connectivity index (χ3n) is 8.75. The Kier molecular flexibility index (Phi) is 6.10. The lowest BCUT2D eigenvalue weighted by atomic mass is 9.66. The fraction of sp³-hybridized carbons (Fsp3) is 0.708. The maximum absolute atomic E-state index is 13.9. The van der Waals surface area contributed by atoms with Gasteiger partial charge >= 0.3 is 0 Å². The molecule has 3 aliphatic rings. The van der Waals surface area contributed by atoms with E-state index in [-0.39, 0.29) is 17.1 Å². The molecule has 4 atom stereocenters. The second-order valence-electron chi connectivity index (χ2n) is 10.5. The molecule has 1 saturated heterocycles. The molecule has 0 spiro atoms. The highest BCUT2D eigenvalue weighted by atomic mass is 79.9. The van der Waals surface area contributed by atoms with E-state index >= 15 is 0 Å². The van der Waals surface area contributed by atoms with Gasteiger partial charge in [0.1, 0.15) is 6.29 Å². The summed E-state index contributed by atoms with van der Waals surface area (Å²) in [4.78, 5) is 14.7. The number of hydrogen-bond donors (Lipinski definition) is 0. The van der Waals surface area contributed by atoms with E-state index < -0.39 is 15.4 Å². The molecule has 0 radical (unpaired) electrons. The number of sulfonamides is 1. The van der Waals surface area contributed by atoms with E-state index in [9.17, 15) is 13.2 Å². The van der Waals surface area contributed by atoms with Gasteiger partial charge in [-0.15, -0.1) is 0 Å². The van der Waals surface area contributed by atoms with Gasteiger partial charge in [0.2, 0.25) is 10.0 Å². The SMILES string of the molecule is CCC1CCC(C=O)(CS(=O)(=O)N2CC(C3CCN(C)C3)c3cc(Br)ccc32)C1(C)C. The number of anilines is 1. The fourth-order valence-corrected chi connectivity index (χ4v) is 9.15. The van der Waals surface area contributed by atoms with Crippen molar-refractivity contribution in [2.75, 3.05) is 36.7 Å². The van der Waals surface area contributed by atoms with E-state index in [2.05, 4.69) is 54.7 Å². The summed E-state index contributed by atoms with van der Waals surface area (Å²) in [5.74, 6) is 0.918. The van der Waals surface area contributed by atoms with Crippen LogP contribution in [0.1, 0.15) is 57.9 Å². The van der Waals surface area contributed by atoms with Crippen molar-refractivity contribution in [2.24, 2.45) is 22.7 Å². The van der Waals surface area contributed by atoms with Crippen LogP contribution in [0, 0.1) is 22.7 Å². The third-order valence-corrected chi connectivity index (χ3v) is 11.1. The lowest BCUT2D eigenvalue weighted by Crippen LogP contribution is -2.47. The van der Waals surface area contributed by atoms with E-state index in [1.165, 1.54) is 0 Å². The van der Waals surface area contributed by atoms with Crippen LogP contribution in [-0.2, 0) is 14.8 Å². The summed E-state index contributed by atoms with van der Waals surface area (Å²) < 4.78 is 30.3. The highest BCUT2D eigenvalue weighted by Crippen LogP contribution is 2.57. The summed E-state index contributed by atoms with van der Waals surface area (Å²) in [7, 11) is -1.52. The molecule has 4 rings (SSSR count). The van der Waals surface area contributed by atoms with Crippen LogP contribution in [0.25, 0.3) is 0 Å².